The average Bonchev–Trinajstić information content (AvgIpc) is 2.39. The van der Waals surface area contributed by atoms with Crippen LogP contribution in [-0.4, -0.2) is 30.6 Å². The van der Waals surface area contributed by atoms with Crippen molar-refractivity contribution in [3.05, 3.63) is 35.4 Å². The first-order chi connectivity index (χ1) is 9.44. The lowest BCUT2D eigenvalue weighted by Gasteiger charge is -2.35. The SMILES string of the molecule is Cc1ccccc1CN1CCCC(NCC(C)(C)C)C1. The molecule has 2 heteroatoms. The second kappa shape index (κ2) is 6.73. The Labute approximate surface area is 124 Å². The smallest absolute Gasteiger partial charge is 0.0237 e. The van der Waals surface area contributed by atoms with Gasteiger partial charge >= 0.3 is 0 Å². The molecule has 1 atom stereocenters. The number of nitrogens with zero attached hydrogens (tertiary/aromatic N) is 1. The highest BCUT2D eigenvalue weighted by molar-refractivity contribution is 5.25. The van der Waals surface area contributed by atoms with Gasteiger partial charge in [-0.25, -0.2) is 0 Å². The Hall–Kier alpha value is -0.860. The summed E-state index contributed by atoms with van der Waals surface area (Å²) in [6.07, 6.45) is 2.63. The zero-order valence-corrected chi connectivity index (χ0v) is 13.6. The number of hydrogen-bond acceptors (Lipinski definition) is 2. The van der Waals surface area contributed by atoms with Crippen LogP contribution >= 0.6 is 0 Å². The van der Waals surface area contributed by atoms with Gasteiger partial charge < -0.3 is 5.32 Å². The van der Waals surface area contributed by atoms with Gasteiger partial charge in [0.15, 0.2) is 0 Å². The van der Waals surface area contributed by atoms with E-state index in [1.807, 2.05) is 0 Å². The number of likely N-dealkylation sites (tertiary alicyclic amines) is 1. The predicted octanol–water partition coefficient (Wildman–Crippen LogP) is 3.60. The average molecular weight is 274 g/mol. The van der Waals surface area contributed by atoms with Crippen molar-refractivity contribution in [1.82, 2.24) is 10.2 Å². The van der Waals surface area contributed by atoms with Crippen molar-refractivity contribution in [2.45, 2.75) is 53.1 Å². The molecule has 0 saturated carbocycles. The van der Waals surface area contributed by atoms with Gasteiger partial charge in [-0.3, -0.25) is 4.90 Å². The monoisotopic (exact) mass is 274 g/mol. The summed E-state index contributed by atoms with van der Waals surface area (Å²) in [6.45, 7) is 13.7. The van der Waals surface area contributed by atoms with Crippen LogP contribution in [0.25, 0.3) is 0 Å². The lowest BCUT2D eigenvalue weighted by molar-refractivity contribution is 0.175. The Morgan fingerprint density at radius 1 is 1.25 bits per heavy atom. The van der Waals surface area contributed by atoms with E-state index < -0.39 is 0 Å². The number of rotatable bonds is 4. The minimum atomic E-state index is 0.373. The van der Waals surface area contributed by atoms with E-state index in [1.165, 1.54) is 37.1 Å². The Balaban J connectivity index is 1.86. The Morgan fingerprint density at radius 2 is 2.00 bits per heavy atom. The summed E-state index contributed by atoms with van der Waals surface area (Å²) in [4.78, 5) is 2.60. The minimum absolute atomic E-state index is 0.373. The largest absolute Gasteiger partial charge is 0.312 e. The fourth-order valence-electron chi connectivity index (χ4n) is 2.84. The Kier molecular flexibility index (Phi) is 5.22. The van der Waals surface area contributed by atoms with Gasteiger partial charge in [-0.2, -0.15) is 0 Å². The molecule has 1 aliphatic rings. The first-order valence-corrected chi connectivity index (χ1v) is 7.94. The molecule has 1 aliphatic heterocycles. The van der Waals surface area contributed by atoms with E-state index in [0.29, 0.717) is 11.5 Å². The maximum Gasteiger partial charge on any atom is 0.0237 e. The lowest BCUT2D eigenvalue weighted by Crippen LogP contribution is -2.47. The van der Waals surface area contributed by atoms with E-state index in [2.05, 4.69) is 62.2 Å². The van der Waals surface area contributed by atoms with Crippen LogP contribution in [0.15, 0.2) is 24.3 Å². The molecule has 0 spiro atoms. The van der Waals surface area contributed by atoms with Crippen LogP contribution in [0, 0.1) is 12.3 Å². The van der Waals surface area contributed by atoms with Gasteiger partial charge in [0.25, 0.3) is 0 Å². The van der Waals surface area contributed by atoms with Gasteiger partial charge in [-0.15, -0.1) is 0 Å². The summed E-state index contributed by atoms with van der Waals surface area (Å²) < 4.78 is 0. The molecular formula is C18H30N2. The third-order valence-electron chi connectivity index (χ3n) is 4.08. The van der Waals surface area contributed by atoms with Crippen LogP contribution in [-0.2, 0) is 6.54 Å². The molecule has 0 radical (unpaired) electrons. The molecule has 0 aliphatic carbocycles. The quantitative estimate of drug-likeness (QED) is 0.902. The molecule has 112 valence electrons. The number of piperidine rings is 1. The van der Waals surface area contributed by atoms with Crippen molar-refractivity contribution in [2.75, 3.05) is 19.6 Å². The van der Waals surface area contributed by atoms with E-state index in [1.54, 1.807) is 0 Å². The van der Waals surface area contributed by atoms with E-state index >= 15 is 0 Å². The molecule has 2 nitrogen and oxygen atoms in total. The summed E-state index contributed by atoms with van der Waals surface area (Å²) in [6, 6.07) is 9.42. The van der Waals surface area contributed by atoms with Crippen molar-refractivity contribution < 1.29 is 0 Å². The van der Waals surface area contributed by atoms with Crippen molar-refractivity contribution in [3.63, 3.8) is 0 Å². The highest BCUT2D eigenvalue weighted by Gasteiger charge is 2.21. The highest BCUT2D eigenvalue weighted by Crippen LogP contribution is 2.17. The van der Waals surface area contributed by atoms with Crippen molar-refractivity contribution in [1.29, 1.82) is 0 Å². The number of nitrogens with one attached hydrogen (secondary N) is 1. The van der Waals surface area contributed by atoms with Crippen molar-refractivity contribution >= 4 is 0 Å². The van der Waals surface area contributed by atoms with Crippen molar-refractivity contribution in [2.24, 2.45) is 5.41 Å². The van der Waals surface area contributed by atoms with E-state index in [0.717, 1.165) is 13.1 Å². The first-order valence-electron chi connectivity index (χ1n) is 7.94. The lowest BCUT2D eigenvalue weighted by atomic mass is 9.95. The van der Waals surface area contributed by atoms with Gasteiger partial charge in [0.1, 0.15) is 0 Å². The third kappa shape index (κ3) is 4.92. The fraction of sp³-hybridized carbons (Fsp3) is 0.667. The molecule has 2 rings (SSSR count). The van der Waals surface area contributed by atoms with Crippen LogP contribution in [0.2, 0.25) is 0 Å². The van der Waals surface area contributed by atoms with Crippen molar-refractivity contribution in [3.8, 4) is 0 Å². The molecule has 1 heterocycles. The molecule has 1 saturated heterocycles. The second-order valence-corrected chi connectivity index (χ2v) is 7.44. The number of aryl methyl sites for hydroxylation is 1. The molecule has 0 bridgehead atoms. The highest BCUT2D eigenvalue weighted by atomic mass is 15.2. The summed E-state index contributed by atoms with van der Waals surface area (Å²) in [7, 11) is 0. The summed E-state index contributed by atoms with van der Waals surface area (Å²) in [5.74, 6) is 0. The van der Waals surface area contributed by atoms with E-state index in [4.69, 9.17) is 0 Å². The maximum absolute atomic E-state index is 3.75. The molecule has 0 amide bonds. The third-order valence-corrected chi connectivity index (χ3v) is 4.08. The fourth-order valence-corrected chi connectivity index (χ4v) is 2.84. The van der Waals surface area contributed by atoms with Gasteiger partial charge in [0.05, 0.1) is 0 Å². The second-order valence-electron chi connectivity index (χ2n) is 7.44. The van der Waals surface area contributed by atoms with Gasteiger partial charge in [-0.05, 0) is 42.9 Å². The summed E-state index contributed by atoms with van der Waals surface area (Å²) in [5, 5.41) is 3.75. The number of benzene rings is 1. The Morgan fingerprint density at radius 3 is 2.70 bits per heavy atom. The Bertz CT molecular complexity index is 420. The molecule has 1 aromatic rings. The van der Waals surface area contributed by atoms with E-state index in [9.17, 15) is 0 Å². The summed E-state index contributed by atoms with van der Waals surface area (Å²) >= 11 is 0. The molecule has 20 heavy (non-hydrogen) atoms. The van der Waals surface area contributed by atoms with Crippen LogP contribution in [0.4, 0.5) is 0 Å². The van der Waals surface area contributed by atoms with Gasteiger partial charge in [-0.1, -0.05) is 45.0 Å². The summed E-state index contributed by atoms with van der Waals surface area (Å²) in [5.41, 5.74) is 3.26. The van der Waals surface area contributed by atoms with Crippen LogP contribution in [0.1, 0.15) is 44.7 Å². The van der Waals surface area contributed by atoms with E-state index in [-0.39, 0.29) is 0 Å². The molecule has 1 fully saturated rings. The van der Waals surface area contributed by atoms with Gasteiger partial charge in [0.2, 0.25) is 0 Å². The number of hydrogen-bond donors (Lipinski definition) is 1. The zero-order valence-electron chi connectivity index (χ0n) is 13.6. The van der Waals surface area contributed by atoms with Gasteiger partial charge in [0, 0.05) is 25.7 Å². The predicted molar refractivity (Wildman–Crippen MR) is 86.9 cm³/mol. The van der Waals surface area contributed by atoms with Crippen LogP contribution in [0.3, 0.4) is 0 Å². The standard InChI is InChI=1S/C18H30N2/c1-15-8-5-6-9-16(15)12-20-11-7-10-17(13-20)19-14-18(2,3)4/h5-6,8-9,17,19H,7,10-14H2,1-4H3. The molecule has 1 aromatic carbocycles. The first kappa shape index (κ1) is 15.5. The topological polar surface area (TPSA) is 15.3 Å². The van der Waals surface area contributed by atoms with Crippen LogP contribution < -0.4 is 5.32 Å². The maximum atomic E-state index is 3.75. The minimum Gasteiger partial charge on any atom is -0.312 e. The molecule has 1 unspecified atom stereocenters. The van der Waals surface area contributed by atoms with Crippen LogP contribution in [0.5, 0.6) is 0 Å². The molecule has 1 N–H and O–H groups in total. The molecular weight excluding hydrogens is 244 g/mol. The zero-order chi connectivity index (χ0) is 14.6. The normalized spacial score (nSPS) is 21.1. The molecule has 0 aromatic heterocycles.